The molecular formula is C19H23NO3. The number of benzene rings is 1. The fourth-order valence-corrected chi connectivity index (χ4v) is 3.01. The predicted octanol–water partition coefficient (Wildman–Crippen LogP) is 3.82. The molecule has 1 aromatic heterocycles. The van der Waals surface area contributed by atoms with E-state index in [1.165, 1.54) is 11.4 Å². The Morgan fingerprint density at radius 2 is 1.83 bits per heavy atom. The van der Waals surface area contributed by atoms with Gasteiger partial charge in [0.2, 0.25) is 0 Å². The van der Waals surface area contributed by atoms with Gasteiger partial charge in [-0.05, 0) is 69.5 Å². The topological polar surface area (TPSA) is 40.5 Å². The molecule has 0 aliphatic carbocycles. The van der Waals surface area contributed by atoms with Gasteiger partial charge >= 0.3 is 5.97 Å². The number of carbonyl (C=O) groups excluding carboxylic acids is 1. The van der Waals surface area contributed by atoms with Gasteiger partial charge in [0, 0.05) is 23.7 Å². The minimum atomic E-state index is -0.285. The van der Waals surface area contributed by atoms with Crippen LogP contribution in [-0.2, 0) is 9.47 Å². The first-order valence-corrected chi connectivity index (χ1v) is 8.19. The summed E-state index contributed by atoms with van der Waals surface area (Å²) in [5.74, 6) is -0.285. The summed E-state index contributed by atoms with van der Waals surface area (Å²) in [5.41, 5.74) is 3.98. The number of nitrogens with zero attached hydrogens (tertiary/aromatic N) is 1. The van der Waals surface area contributed by atoms with Gasteiger partial charge in [0.15, 0.2) is 0 Å². The van der Waals surface area contributed by atoms with Gasteiger partial charge < -0.3 is 14.0 Å². The van der Waals surface area contributed by atoms with E-state index in [1.54, 1.807) is 0 Å². The molecule has 3 rings (SSSR count). The second kappa shape index (κ2) is 7.01. The highest BCUT2D eigenvalue weighted by Crippen LogP contribution is 2.18. The summed E-state index contributed by atoms with van der Waals surface area (Å²) in [5, 5.41) is 0. The van der Waals surface area contributed by atoms with Crippen molar-refractivity contribution < 1.29 is 14.3 Å². The van der Waals surface area contributed by atoms with Crippen LogP contribution in [-0.4, -0.2) is 29.9 Å². The van der Waals surface area contributed by atoms with Gasteiger partial charge in [-0.2, -0.15) is 0 Å². The first kappa shape index (κ1) is 15.8. The molecule has 0 amide bonds. The molecule has 122 valence electrons. The van der Waals surface area contributed by atoms with Crippen LogP contribution in [0.4, 0.5) is 0 Å². The summed E-state index contributed by atoms with van der Waals surface area (Å²) < 4.78 is 13.1. The van der Waals surface area contributed by atoms with Crippen molar-refractivity contribution in [2.75, 3.05) is 13.2 Å². The molecule has 1 aliphatic heterocycles. The van der Waals surface area contributed by atoms with Gasteiger partial charge in [-0.1, -0.05) is 0 Å². The summed E-state index contributed by atoms with van der Waals surface area (Å²) in [6.45, 7) is 5.25. The molecule has 0 radical (unpaired) electrons. The molecule has 4 nitrogen and oxygen atoms in total. The zero-order valence-corrected chi connectivity index (χ0v) is 13.7. The van der Waals surface area contributed by atoms with E-state index >= 15 is 0 Å². The number of esters is 1. The Labute approximate surface area is 137 Å². The number of rotatable bonds is 4. The third-order valence-electron chi connectivity index (χ3n) is 4.31. The molecule has 0 spiro atoms. The van der Waals surface area contributed by atoms with Crippen molar-refractivity contribution in [3.8, 4) is 5.69 Å². The predicted molar refractivity (Wildman–Crippen MR) is 89.1 cm³/mol. The van der Waals surface area contributed by atoms with Gasteiger partial charge in [0.05, 0.1) is 11.7 Å². The molecule has 0 bridgehead atoms. The van der Waals surface area contributed by atoms with Gasteiger partial charge in [-0.25, -0.2) is 4.79 Å². The van der Waals surface area contributed by atoms with Crippen molar-refractivity contribution >= 4 is 5.97 Å². The maximum Gasteiger partial charge on any atom is 0.338 e. The smallest absolute Gasteiger partial charge is 0.338 e. The van der Waals surface area contributed by atoms with Crippen LogP contribution in [0.1, 0.15) is 41.0 Å². The average molecular weight is 313 g/mol. The second-order valence-electron chi connectivity index (χ2n) is 6.09. The van der Waals surface area contributed by atoms with E-state index < -0.39 is 0 Å². The zero-order valence-electron chi connectivity index (χ0n) is 13.7. The fourth-order valence-electron chi connectivity index (χ4n) is 3.01. The molecule has 0 saturated carbocycles. The number of ether oxygens (including phenoxy) is 2. The third-order valence-corrected chi connectivity index (χ3v) is 4.31. The largest absolute Gasteiger partial charge is 0.459 e. The number of hydrogen-bond donors (Lipinski definition) is 0. The van der Waals surface area contributed by atoms with Crippen molar-refractivity contribution in [3.05, 3.63) is 53.3 Å². The number of aromatic nitrogens is 1. The molecule has 2 aromatic rings. The lowest BCUT2D eigenvalue weighted by molar-refractivity contribution is -0.0300. The normalized spacial score (nSPS) is 17.9. The summed E-state index contributed by atoms with van der Waals surface area (Å²) in [4.78, 5) is 12.1. The first-order chi connectivity index (χ1) is 11.1. The van der Waals surface area contributed by atoms with Crippen LogP contribution in [0.3, 0.4) is 0 Å². The average Bonchev–Trinajstić information content (AvgIpc) is 2.92. The van der Waals surface area contributed by atoms with Crippen LogP contribution in [0.5, 0.6) is 0 Å². The van der Waals surface area contributed by atoms with E-state index in [0.29, 0.717) is 12.2 Å². The zero-order chi connectivity index (χ0) is 16.2. The Balaban J connectivity index is 1.63. The molecule has 1 fully saturated rings. The molecule has 1 atom stereocenters. The molecule has 1 saturated heterocycles. The van der Waals surface area contributed by atoms with Crippen molar-refractivity contribution in [1.29, 1.82) is 0 Å². The molecule has 1 aromatic carbocycles. The van der Waals surface area contributed by atoms with Crippen LogP contribution in [0, 0.1) is 13.8 Å². The molecule has 2 heterocycles. The van der Waals surface area contributed by atoms with E-state index in [0.717, 1.165) is 31.6 Å². The molecule has 1 aliphatic rings. The molecule has 0 N–H and O–H groups in total. The van der Waals surface area contributed by atoms with Gasteiger partial charge in [-0.15, -0.1) is 0 Å². The minimum Gasteiger partial charge on any atom is -0.459 e. The monoisotopic (exact) mass is 313 g/mol. The molecular weight excluding hydrogens is 290 g/mol. The lowest BCUT2D eigenvalue weighted by Gasteiger charge is -2.22. The standard InChI is InChI=1S/C19H23NO3/c1-14-6-7-15(2)20(14)17-10-8-16(9-11-17)19(21)23-13-18-5-3-4-12-22-18/h6-11,18H,3-5,12-13H2,1-2H3. The van der Waals surface area contributed by atoms with Gasteiger partial charge in [0.25, 0.3) is 0 Å². The van der Waals surface area contributed by atoms with Crippen molar-refractivity contribution in [2.24, 2.45) is 0 Å². The number of hydrogen-bond acceptors (Lipinski definition) is 3. The van der Waals surface area contributed by atoms with Crippen LogP contribution in [0.25, 0.3) is 5.69 Å². The highest BCUT2D eigenvalue weighted by molar-refractivity contribution is 5.89. The van der Waals surface area contributed by atoms with Crippen LogP contribution in [0.15, 0.2) is 36.4 Å². The Kier molecular flexibility index (Phi) is 4.82. The SMILES string of the molecule is Cc1ccc(C)n1-c1ccc(C(=O)OCC2CCCCO2)cc1. The van der Waals surface area contributed by atoms with E-state index in [2.05, 4.69) is 30.5 Å². The highest BCUT2D eigenvalue weighted by atomic mass is 16.6. The molecule has 4 heteroatoms. The highest BCUT2D eigenvalue weighted by Gasteiger charge is 2.17. The van der Waals surface area contributed by atoms with E-state index in [9.17, 15) is 4.79 Å². The lowest BCUT2D eigenvalue weighted by atomic mass is 10.1. The summed E-state index contributed by atoms with van der Waals surface area (Å²) in [6.07, 6.45) is 3.27. The fraction of sp³-hybridized carbons (Fsp3) is 0.421. The third kappa shape index (κ3) is 3.64. The molecule has 23 heavy (non-hydrogen) atoms. The van der Waals surface area contributed by atoms with Crippen LogP contribution >= 0.6 is 0 Å². The number of aryl methyl sites for hydroxylation is 2. The van der Waals surface area contributed by atoms with Crippen molar-refractivity contribution in [2.45, 2.75) is 39.2 Å². The van der Waals surface area contributed by atoms with Crippen molar-refractivity contribution in [3.63, 3.8) is 0 Å². The Hall–Kier alpha value is -2.07. The quantitative estimate of drug-likeness (QED) is 0.806. The van der Waals surface area contributed by atoms with Gasteiger partial charge in [0.1, 0.15) is 6.61 Å². The van der Waals surface area contributed by atoms with E-state index in [4.69, 9.17) is 9.47 Å². The van der Waals surface area contributed by atoms with Crippen LogP contribution in [0.2, 0.25) is 0 Å². The second-order valence-corrected chi connectivity index (χ2v) is 6.09. The summed E-state index contributed by atoms with van der Waals surface area (Å²) >= 11 is 0. The first-order valence-electron chi connectivity index (χ1n) is 8.19. The lowest BCUT2D eigenvalue weighted by Crippen LogP contribution is -2.25. The maximum atomic E-state index is 12.1. The van der Waals surface area contributed by atoms with Crippen LogP contribution < -0.4 is 0 Å². The Morgan fingerprint density at radius 1 is 1.13 bits per heavy atom. The number of carbonyl (C=O) groups is 1. The summed E-state index contributed by atoms with van der Waals surface area (Å²) in [7, 11) is 0. The van der Waals surface area contributed by atoms with E-state index in [-0.39, 0.29) is 12.1 Å². The Morgan fingerprint density at radius 3 is 2.43 bits per heavy atom. The van der Waals surface area contributed by atoms with E-state index in [1.807, 2.05) is 24.3 Å². The van der Waals surface area contributed by atoms with Crippen molar-refractivity contribution in [1.82, 2.24) is 4.57 Å². The molecule has 1 unspecified atom stereocenters. The minimum absolute atomic E-state index is 0.0529. The maximum absolute atomic E-state index is 12.1. The Bertz CT molecular complexity index is 647. The van der Waals surface area contributed by atoms with Gasteiger partial charge in [-0.3, -0.25) is 0 Å². The summed E-state index contributed by atoms with van der Waals surface area (Å²) in [6, 6.07) is 11.7.